The SMILES string of the molecule is Cc1nc(N)sc1N=Nc1cccnc1. The lowest BCUT2D eigenvalue weighted by Gasteiger charge is -1.88. The van der Waals surface area contributed by atoms with Gasteiger partial charge in [-0.25, -0.2) is 4.98 Å². The van der Waals surface area contributed by atoms with Gasteiger partial charge in [0, 0.05) is 6.20 Å². The molecule has 0 aliphatic carbocycles. The van der Waals surface area contributed by atoms with E-state index in [4.69, 9.17) is 5.73 Å². The fourth-order valence-corrected chi connectivity index (χ4v) is 1.67. The molecule has 0 unspecified atom stereocenters. The molecule has 0 saturated carbocycles. The Kier molecular flexibility index (Phi) is 2.68. The molecule has 0 spiro atoms. The van der Waals surface area contributed by atoms with Crippen LogP contribution < -0.4 is 5.73 Å². The van der Waals surface area contributed by atoms with Crippen LogP contribution in [0, 0.1) is 6.92 Å². The van der Waals surface area contributed by atoms with Gasteiger partial charge >= 0.3 is 0 Å². The molecular formula is C9H9N5S. The summed E-state index contributed by atoms with van der Waals surface area (Å²) in [5.74, 6) is 0. The number of aryl methyl sites for hydroxylation is 1. The number of thiazole rings is 1. The van der Waals surface area contributed by atoms with Crippen LogP contribution in [0.2, 0.25) is 0 Å². The summed E-state index contributed by atoms with van der Waals surface area (Å²) in [5.41, 5.74) is 7.05. The van der Waals surface area contributed by atoms with Gasteiger partial charge < -0.3 is 5.73 Å². The van der Waals surface area contributed by atoms with Crippen LogP contribution >= 0.6 is 11.3 Å². The summed E-state index contributed by atoms with van der Waals surface area (Å²) in [7, 11) is 0. The van der Waals surface area contributed by atoms with E-state index in [9.17, 15) is 0 Å². The monoisotopic (exact) mass is 219 g/mol. The first-order valence-electron chi connectivity index (χ1n) is 4.30. The van der Waals surface area contributed by atoms with E-state index in [1.54, 1.807) is 12.4 Å². The molecule has 0 atom stereocenters. The largest absolute Gasteiger partial charge is 0.375 e. The molecule has 2 aromatic heterocycles. The van der Waals surface area contributed by atoms with E-state index in [-0.39, 0.29) is 0 Å². The topological polar surface area (TPSA) is 76.5 Å². The molecule has 2 heterocycles. The summed E-state index contributed by atoms with van der Waals surface area (Å²) in [6.45, 7) is 1.85. The Morgan fingerprint density at radius 3 is 2.87 bits per heavy atom. The summed E-state index contributed by atoms with van der Waals surface area (Å²) in [6, 6.07) is 3.64. The van der Waals surface area contributed by atoms with Gasteiger partial charge in [-0.3, -0.25) is 4.98 Å². The lowest BCUT2D eigenvalue weighted by molar-refractivity contribution is 1.18. The van der Waals surface area contributed by atoms with E-state index in [0.29, 0.717) is 10.8 Å². The molecule has 0 aliphatic heterocycles. The van der Waals surface area contributed by atoms with Crippen molar-refractivity contribution in [2.24, 2.45) is 10.2 Å². The highest BCUT2D eigenvalue weighted by Crippen LogP contribution is 2.29. The van der Waals surface area contributed by atoms with Crippen LogP contribution in [-0.4, -0.2) is 9.97 Å². The average molecular weight is 219 g/mol. The van der Waals surface area contributed by atoms with E-state index in [2.05, 4.69) is 20.2 Å². The van der Waals surface area contributed by atoms with Gasteiger partial charge in [0.1, 0.15) is 5.69 Å². The van der Waals surface area contributed by atoms with Gasteiger partial charge in [0.05, 0.1) is 11.9 Å². The first kappa shape index (κ1) is 9.72. The van der Waals surface area contributed by atoms with Gasteiger partial charge in [-0.1, -0.05) is 11.3 Å². The molecule has 15 heavy (non-hydrogen) atoms. The number of nitrogens with two attached hydrogens (primary N) is 1. The first-order valence-corrected chi connectivity index (χ1v) is 5.12. The molecule has 0 aromatic carbocycles. The van der Waals surface area contributed by atoms with Crippen molar-refractivity contribution >= 4 is 27.2 Å². The Labute approximate surface area is 90.7 Å². The molecule has 0 saturated heterocycles. The summed E-state index contributed by atoms with van der Waals surface area (Å²) in [4.78, 5) is 7.98. The highest BCUT2D eigenvalue weighted by Gasteiger charge is 2.03. The second-order valence-corrected chi connectivity index (χ2v) is 3.86. The molecule has 0 amide bonds. The number of hydrogen-bond acceptors (Lipinski definition) is 6. The van der Waals surface area contributed by atoms with Crippen molar-refractivity contribution in [3.63, 3.8) is 0 Å². The summed E-state index contributed by atoms with van der Waals surface area (Å²) < 4.78 is 0. The maximum atomic E-state index is 5.54. The predicted octanol–water partition coefficient (Wildman–Crippen LogP) is 2.84. The minimum atomic E-state index is 0.507. The van der Waals surface area contributed by atoms with Crippen LogP contribution in [0.15, 0.2) is 34.8 Å². The first-order chi connectivity index (χ1) is 7.25. The fraction of sp³-hybridized carbons (Fsp3) is 0.111. The van der Waals surface area contributed by atoms with E-state index in [0.717, 1.165) is 10.7 Å². The van der Waals surface area contributed by atoms with Crippen LogP contribution in [-0.2, 0) is 0 Å². The van der Waals surface area contributed by atoms with E-state index < -0.39 is 0 Å². The van der Waals surface area contributed by atoms with Gasteiger partial charge in [0.15, 0.2) is 10.1 Å². The lowest BCUT2D eigenvalue weighted by Crippen LogP contribution is -1.80. The van der Waals surface area contributed by atoms with Crippen molar-refractivity contribution in [2.75, 3.05) is 5.73 Å². The molecule has 2 rings (SSSR count). The lowest BCUT2D eigenvalue weighted by atomic mass is 10.4. The van der Waals surface area contributed by atoms with Crippen LogP contribution in [0.3, 0.4) is 0 Å². The zero-order valence-electron chi connectivity index (χ0n) is 8.08. The van der Waals surface area contributed by atoms with Gasteiger partial charge in [-0.15, -0.1) is 10.2 Å². The number of aromatic nitrogens is 2. The van der Waals surface area contributed by atoms with Crippen LogP contribution in [0.1, 0.15) is 5.69 Å². The highest BCUT2D eigenvalue weighted by molar-refractivity contribution is 7.19. The second-order valence-electron chi connectivity index (χ2n) is 2.85. The standard InChI is InChI=1S/C9H9N5S/c1-6-8(15-9(10)12-6)14-13-7-3-2-4-11-5-7/h2-5H,1H3,(H2,10,12). The molecule has 5 nitrogen and oxygen atoms in total. The minimum Gasteiger partial charge on any atom is -0.375 e. The number of hydrogen-bond donors (Lipinski definition) is 1. The third-order valence-electron chi connectivity index (χ3n) is 1.69. The van der Waals surface area contributed by atoms with Crippen molar-refractivity contribution in [1.29, 1.82) is 0 Å². The number of nitrogen functional groups attached to an aromatic ring is 1. The van der Waals surface area contributed by atoms with Gasteiger partial charge in [-0.05, 0) is 19.1 Å². The van der Waals surface area contributed by atoms with Crippen molar-refractivity contribution in [2.45, 2.75) is 6.92 Å². The number of pyridine rings is 1. The predicted molar refractivity (Wildman–Crippen MR) is 59.7 cm³/mol. The van der Waals surface area contributed by atoms with Crippen LogP contribution in [0.5, 0.6) is 0 Å². The van der Waals surface area contributed by atoms with Crippen LogP contribution in [0.25, 0.3) is 0 Å². The normalized spacial score (nSPS) is 11.0. The second kappa shape index (κ2) is 4.14. The van der Waals surface area contributed by atoms with Gasteiger partial charge in [0.25, 0.3) is 0 Å². The molecule has 2 aromatic rings. The maximum absolute atomic E-state index is 5.54. The number of azo groups is 1. The van der Waals surface area contributed by atoms with E-state index in [1.165, 1.54) is 11.3 Å². The molecule has 2 N–H and O–H groups in total. The van der Waals surface area contributed by atoms with Crippen molar-refractivity contribution in [3.05, 3.63) is 30.2 Å². The third-order valence-corrected chi connectivity index (χ3v) is 2.56. The highest BCUT2D eigenvalue weighted by atomic mass is 32.1. The Bertz CT molecular complexity index is 477. The molecule has 0 aliphatic rings. The Hall–Kier alpha value is -1.82. The van der Waals surface area contributed by atoms with Gasteiger partial charge in [0.2, 0.25) is 0 Å². The molecule has 76 valence electrons. The number of rotatable bonds is 2. The van der Waals surface area contributed by atoms with Crippen molar-refractivity contribution in [3.8, 4) is 0 Å². The van der Waals surface area contributed by atoms with Gasteiger partial charge in [-0.2, -0.15) is 0 Å². The molecule has 0 bridgehead atoms. The van der Waals surface area contributed by atoms with Crippen LogP contribution in [0.4, 0.5) is 15.8 Å². The Morgan fingerprint density at radius 2 is 2.27 bits per heavy atom. The number of nitrogens with zero attached hydrogens (tertiary/aromatic N) is 4. The average Bonchev–Trinajstić information content (AvgIpc) is 2.56. The minimum absolute atomic E-state index is 0.507. The summed E-state index contributed by atoms with van der Waals surface area (Å²) in [6.07, 6.45) is 3.33. The molecule has 0 radical (unpaired) electrons. The Morgan fingerprint density at radius 1 is 1.40 bits per heavy atom. The molecular weight excluding hydrogens is 210 g/mol. The summed E-state index contributed by atoms with van der Waals surface area (Å²) in [5, 5.41) is 9.33. The molecule has 0 fully saturated rings. The van der Waals surface area contributed by atoms with E-state index in [1.807, 2.05) is 19.1 Å². The summed E-state index contributed by atoms with van der Waals surface area (Å²) >= 11 is 1.32. The quantitative estimate of drug-likeness (QED) is 0.789. The third kappa shape index (κ3) is 2.35. The number of anilines is 1. The molecule has 6 heteroatoms. The zero-order valence-corrected chi connectivity index (χ0v) is 8.90. The zero-order chi connectivity index (χ0) is 10.7. The van der Waals surface area contributed by atoms with E-state index >= 15 is 0 Å². The van der Waals surface area contributed by atoms with Crippen molar-refractivity contribution in [1.82, 2.24) is 9.97 Å². The maximum Gasteiger partial charge on any atom is 0.182 e. The smallest absolute Gasteiger partial charge is 0.182 e. The van der Waals surface area contributed by atoms with Crippen molar-refractivity contribution < 1.29 is 0 Å². The fourth-order valence-electron chi connectivity index (χ4n) is 1.02. The Balaban J connectivity index is 2.22.